The van der Waals surface area contributed by atoms with E-state index in [1.807, 2.05) is 27.7 Å². The number of aromatic hydroxyl groups is 1. The van der Waals surface area contributed by atoms with Gasteiger partial charge in [0.05, 0.1) is 22.3 Å². The maximum atomic E-state index is 12.9. The van der Waals surface area contributed by atoms with Crippen molar-refractivity contribution in [2.45, 2.75) is 95.3 Å². The summed E-state index contributed by atoms with van der Waals surface area (Å²) in [5, 5.41) is 29.1. The van der Waals surface area contributed by atoms with Gasteiger partial charge in [0.15, 0.2) is 12.2 Å². The highest BCUT2D eigenvalue weighted by Gasteiger charge is 2.29. The highest BCUT2D eigenvalue weighted by atomic mass is 17.1. The van der Waals surface area contributed by atoms with Gasteiger partial charge in [0.1, 0.15) is 11.5 Å². The number of amides is 4. The number of aromatic amines is 2. The van der Waals surface area contributed by atoms with E-state index in [9.17, 15) is 43.5 Å². The fraction of sp³-hybridized carbons (Fsp3) is 0.407. The first-order chi connectivity index (χ1) is 36.0. The third-order valence-electron chi connectivity index (χ3n) is 12.4. The van der Waals surface area contributed by atoms with Gasteiger partial charge in [-0.15, -0.1) is 0 Å². The minimum atomic E-state index is -1.07. The predicted molar refractivity (Wildman–Crippen MR) is 285 cm³/mol. The molecule has 2 aromatic carbocycles. The van der Waals surface area contributed by atoms with Crippen LogP contribution in [0.4, 0.5) is 11.4 Å². The Hall–Kier alpha value is -8.08. The number of hydrogen-bond acceptors (Lipinski definition) is 16. The lowest BCUT2D eigenvalue weighted by Crippen LogP contribution is -2.35. The van der Waals surface area contributed by atoms with E-state index in [4.69, 9.17) is 14.7 Å². The Labute approximate surface area is 441 Å². The number of phenols is 1. The van der Waals surface area contributed by atoms with Crippen LogP contribution in [0.25, 0.3) is 23.3 Å². The molecule has 0 saturated heterocycles. The molecule has 0 unspecified atom stereocenters. The number of nitrogens with zero attached hydrogens (tertiary/aromatic N) is 2. The molecule has 8 N–H and O–H groups in total. The summed E-state index contributed by atoms with van der Waals surface area (Å²) in [4.78, 5) is 109. The highest BCUT2D eigenvalue weighted by molar-refractivity contribution is 6.35. The van der Waals surface area contributed by atoms with Gasteiger partial charge in [-0.3, -0.25) is 33.7 Å². The van der Waals surface area contributed by atoms with Crippen LogP contribution < -0.4 is 26.0 Å². The number of nitrogens with one attached hydrogen (secondary N) is 6. The molecule has 0 bridgehead atoms. The predicted octanol–water partition coefficient (Wildman–Crippen LogP) is 5.91. The number of aromatic nitrogens is 2. The summed E-state index contributed by atoms with van der Waals surface area (Å²) in [6, 6.07) is 9.52. The molecule has 0 saturated carbocycles. The van der Waals surface area contributed by atoms with Gasteiger partial charge in [0.25, 0.3) is 23.6 Å². The molecule has 4 aromatic rings. The zero-order valence-electron chi connectivity index (χ0n) is 45.1. The topological polar surface area (TPSA) is 300 Å². The molecule has 76 heavy (non-hydrogen) atoms. The minimum absolute atomic E-state index is 0.0961. The molecule has 22 heteroatoms. The second-order valence-electron chi connectivity index (χ2n) is 17.7. The quantitative estimate of drug-likeness (QED) is 0.0103. The van der Waals surface area contributed by atoms with Gasteiger partial charge in [0, 0.05) is 85.3 Å². The van der Waals surface area contributed by atoms with Crippen molar-refractivity contribution in [1.82, 2.24) is 30.4 Å². The molecule has 6 rings (SSSR count). The summed E-state index contributed by atoms with van der Waals surface area (Å²) in [5.41, 5.74) is 8.70. The smallest absolute Gasteiger partial charge is 0.381 e. The van der Waals surface area contributed by atoms with Gasteiger partial charge in [-0.1, -0.05) is 27.7 Å². The summed E-state index contributed by atoms with van der Waals surface area (Å²) >= 11 is 0. The second-order valence-corrected chi connectivity index (χ2v) is 17.7. The van der Waals surface area contributed by atoms with E-state index in [-0.39, 0.29) is 35.1 Å². The van der Waals surface area contributed by atoms with E-state index in [0.717, 1.165) is 63.0 Å². The lowest BCUT2D eigenvalue weighted by atomic mass is 10.0. The van der Waals surface area contributed by atoms with Crippen molar-refractivity contribution in [3.63, 3.8) is 0 Å². The zero-order chi connectivity index (χ0) is 56.6. The number of hydrogen-bond donors (Lipinski definition) is 8. The van der Waals surface area contributed by atoms with Crippen LogP contribution in [0.1, 0.15) is 121 Å². The van der Waals surface area contributed by atoms with Gasteiger partial charge in [-0.2, -0.15) is 5.26 Å². The number of H-pyrrole nitrogens is 2. The number of aryl methyl sites for hydroxylation is 2. The standard InChI is InChI=1S/C27H34N4O6.C22H28N4O3.C5H8O5/c1-7-31(8-2)12-11-28-26(34)24-15(3)23(29-16(24)4)14-21-20-13-19(9-10-22(20)30-25(21)33)37-27(35)17(5)36-18(6)32;1-5-26(6-2)10-9-23-22(29)20-13(3)19(24-14(20)4)12-17-16-11-15(27)7-8-18(16)25-21(17)28;1-3(5(7)10-8)9-4(2)6/h9-10,13-14,17,29H,7-8,11-12H2,1-6H3,(H,28,34)(H,30,33);7-8,11-12,24,27H,5-6,9-10H2,1-4H3,(H,23,29)(H,25,28);3,8H,1-2H3/b21-14-;17-12-;/t17-;;3-/m0.0/s1. The molecule has 22 nitrogen and oxygen atoms in total. The molecule has 2 aliphatic heterocycles. The number of phenolic OH excluding ortho intramolecular Hbond substituents is 1. The minimum Gasteiger partial charge on any atom is -0.508 e. The summed E-state index contributed by atoms with van der Waals surface area (Å²) in [5.74, 6) is -3.45. The Balaban J connectivity index is 0.000000284. The van der Waals surface area contributed by atoms with E-state index >= 15 is 0 Å². The number of esters is 3. The van der Waals surface area contributed by atoms with Crippen molar-refractivity contribution in [3.8, 4) is 11.5 Å². The molecule has 2 aromatic heterocycles. The van der Waals surface area contributed by atoms with Crippen LogP contribution in [0.5, 0.6) is 11.5 Å². The van der Waals surface area contributed by atoms with Crippen LogP contribution in [-0.4, -0.2) is 142 Å². The molecule has 2 aliphatic rings. The number of carbonyl (C=O) groups excluding carboxylic acids is 8. The normalized spacial score (nSPS) is 14.0. The number of ether oxygens (including phenoxy) is 3. The van der Waals surface area contributed by atoms with Gasteiger partial charge in [0.2, 0.25) is 0 Å². The summed E-state index contributed by atoms with van der Waals surface area (Å²) in [6.45, 7) is 27.2. The van der Waals surface area contributed by atoms with Gasteiger partial charge >= 0.3 is 23.9 Å². The Morgan fingerprint density at radius 2 is 1.04 bits per heavy atom. The summed E-state index contributed by atoms with van der Waals surface area (Å²) in [6.07, 6.45) is 1.29. The van der Waals surface area contributed by atoms with Gasteiger partial charge in [-0.25, -0.2) is 9.59 Å². The Kier molecular flexibility index (Phi) is 22.3. The monoisotopic (exact) mass is 1050 g/mol. The number of rotatable bonds is 19. The summed E-state index contributed by atoms with van der Waals surface area (Å²) < 4.78 is 14.5. The van der Waals surface area contributed by atoms with Crippen LogP contribution in [-0.2, 0) is 43.1 Å². The van der Waals surface area contributed by atoms with Crippen molar-refractivity contribution in [1.29, 1.82) is 0 Å². The molecular formula is C54H70N8O14. The van der Waals surface area contributed by atoms with Crippen molar-refractivity contribution in [2.75, 3.05) is 63.0 Å². The van der Waals surface area contributed by atoms with Crippen LogP contribution in [0.2, 0.25) is 0 Å². The molecule has 0 aliphatic carbocycles. The fourth-order valence-electron chi connectivity index (χ4n) is 8.28. The lowest BCUT2D eigenvalue weighted by Gasteiger charge is -2.18. The number of fused-ring (bicyclic) bond motifs is 2. The van der Waals surface area contributed by atoms with E-state index in [1.54, 1.807) is 42.5 Å². The maximum Gasteiger partial charge on any atom is 0.381 e. The van der Waals surface area contributed by atoms with Crippen molar-refractivity contribution < 1.29 is 67.8 Å². The van der Waals surface area contributed by atoms with Crippen LogP contribution in [0.3, 0.4) is 0 Å². The molecular weight excluding hydrogens is 985 g/mol. The highest BCUT2D eigenvalue weighted by Crippen LogP contribution is 2.38. The molecule has 4 amide bonds. The van der Waals surface area contributed by atoms with Crippen molar-refractivity contribution in [2.24, 2.45) is 0 Å². The zero-order valence-corrected chi connectivity index (χ0v) is 45.1. The second kappa shape index (κ2) is 28.0. The lowest BCUT2D eigenvalue weighted by molar-refractivity contribution is -0.243. The van der Waals surface area contributed by atoms with Crippen LogP contribution in [0.15, 0.2) is 36.4 Å². The maximum absolute atomic E-state index is 12.9. The Bertz CT molecular complexity index is 2870. The molecule has 0 fully saturated rings. The average Bonchev–Trinajstić information content (AvgIpc) is 4.05. The first kappa shape index (κ1) is 60.5. The number of carbonyl (C=O) groups is 8. The number of anilines is 2. The van der Waals surface area contributed by atoms with Gasteiger partial charge < -0.3 is 60.4 Å². The van der Waals surface area contributed by atoms with Crippen LogP contribution >= 0.6 is 0 Å². The van der Waals surface area contributed by atoms with E-state index < -0.39 is 36.1 Å². The SMILES string of the molecule is CC(=O)O[C@@H](C)C(=O)OO.CCN(CC)CCNC(=O)c1c(C)[nH]c(/C=C2\C(=O)Nc3ccc(O)cc32)c1C.CCN(CC)CCNC(=O)c1c(C)[nH]c(/C=C2\C(=O)Nc3ccc(OC(=O)[C@H](C)OC(C)=O)cc32)c1C. The first-order valence-electron chi connectivity index (χ1n) is 24.8. The largest absolute Gasteiger partial charge is 0.508 e. The third-order valence-corrected chi connectivity index (χ3v) is 12.4. The summed E-state index contributed by atoms with van der Waals surface area (Å²) in [7, 11) is 0. The number of benzene rings is 2. The first-order valence-corrected chi connectivity index (χ1v) is 24.8. The molecule has 0 radical (unpaired) electrons. The van der Waals surface area contributed by atoms with E-state index in [1.165, 1.54) is 26.8 Å². The van der Waals surface area contributed by atoms with E-state index in [0.29, 0.717) is 74.9 Å². The molecule has 4 heterocycles. The fourth-order valence-corrected chi connectivity index (χ4v) is 8.28. The Morgan fingerprint density at radius 3 is 1.45 bits per heavy atom. The van der Waals surface area contributed by atoms with Gasteiger partial charge in [-0.05, 0) is 127 Å². The van der Waals surface area contributed by atoms with Crippen LogP contribution in [0, 0.1) is 27.7 Å². The third kappa shape index (κ3) is 16.0. The average molecular weight is 1060 g/mol. The van der Waals surface area contributed by atoms with Crippen molar-refractivity contribution >= 4 is 82.2 Å². The number of likely N-dealkylation sites (N-methyl/N-ethyl adjacent to an activating group) is 2. The van der Waals surface area contributed by atoms with E-state index in [2.05, 4.69) is 78.4 Å². The Morgan fingerprint density at radius 1 is 0.632 bits per heavy atom. The van der Waals surface area contributed by atoms with Crippen molar-refractivity contribution in [3.05, 3.63) is 92.6 Å². The molecule has 2 atom stereocenters. The molecule has 410 valence electrons. The molecule has 0 spiro atoms.